The summed E-state index contributed by atoms with van der Waals surface area (Å²) < 4.78 is 6.15. The highest BCUT2D eigenvalue weighted by Gasteiger charge is 2.34. The maximum absolute atomic E-state index is 11.9. The van der Waals surface area contributed by atoms with E-state index in [0.29, 0.717) is 6.61 Å². The normalized spacial score (nSPS) is 14.5. The van der Waals surface area contributed by atoms with Crippen molar-refractivity contribution < 1.29 is 9.53 Å². The van der Waals surface area contributed by atoms with Gasteiger partial charge in [-0.15, -0.1) is 11.3 Å². The van der Waals surface area contributed by atoms with E-state index in [2.05, 4.69) is 0 Å². The summed E-state index contributed by atoms with van der Waals surface area (Å²) in [5.74, 6) is -0.386. The van der Waals surface area contributed by atoms with Crippen molar-refractivity contribution in [1.29, 1.82) is 0 Å². The third kappa shape index (κ3) is 2.06. The number of carbonyl (C=O) groups is 1. The fourth-order valence-corrected chi connectivity index (χ4v) is 2.85. The largest absolute Gasteiger partial charge is 0.464 e. The van der Waals surface area contributed by atoms with E-state index in [1.165, 1.54) is 0 Å². The first kappa shape index (κ1) is 12.1. The molecule has 0 spiro atoms. The van der Waals surface area contributed by atoms with Gasteiger partial charge in [0, 0.05) is 10.3 Å². The molecule has 4 heteroatoms. The van der Waals surface area contributed by atoms with E-state index in [9.17, 15) is 4.79 Å². The smallest absolute Gasteiger partial charge is 0.330 e. The molecule has 2 aromatic rings. The standard InChI is InChI=1S/C13H15NO2S/c1-3-16-12(15)13(2,14)10-8-17-11-7-5-4-6-9(10)11/h4-8H,3,14H2,1-2H3. The molecule has 0 amide bonds. The lowest BCUT2D eigenvalue weighted by atomic mass is 9.93. The highest BCUT2D eigenvalue weighted by atomic mass is 32.1. The van der Waals surface area contributed by atoms with Crippen LogP contribution in [0.15, 0.2) is 29.6 Å². The van der Waals surface area contributed by atoms with Crippen LogP contribution in [-0.2, 0) is 15.1 Å². The highest BCUT2D eigenvalue weighted by Crippen LogP contribution is 2.32. The van der Waals surface area contributed by atoms with Gasteiger partial charge in [-0.25, -0.2) is 4.79 Å². The summed E-state index contributed by atoms with van der Waals surface area (Å²) in [5.41, 5.74) is 5.85. The van der Waals surface area contributed by atoms with Crippen LogP contribution in [0.5, 0.6) is 0 Å². The molecule has 0 aliphatic heterocycles. The molecule has 0 saturated heterocycles. The van der Waals surface area contributed by atoms with Crippen molar-refractivity contribution in [3.8, 4) is 0 Å². The number of fused-ring (bicyclic) bond motifs is 1. The number of hydrogen-bond donors (Lipinski definition) is 1. The van der Waals surface area contributed by atoms with Crippen molar-refractivity contribution in [2.24, 2.45) is 5.73 Å². The van der Waals surface area contributed by atoms with Crippen LogP contribution in [0.1, 0.15) is 19.4 Å². The third-order valence-electron chi connectivity index (χ3n) is 2.74. The Morgan fingerprint density at radius 3 is 2.88 bits per heavy atom. The molecule has 0 radical (unpaired) electrons. The van der Waals surface area contributed by atoms with Crippen molar-refractivity contribution in [2.75, 3.05) is 6.61 Å². The van der Waals surface area contributed by atoms with Crippen LogP contribution in [0, 0.1) is 0 Å². The van der Waals surface area contributed by atoms with Gasteiger partial charge in [-0.2, -0.15) is 0 Å². The number of hydrogen-bond acceptors (Lipinski definition) is 4. The summed E-state index contributed by atoms with van der Waals surface area (Å²) in [7, 11) is 0. The summed E-state index contributed by atoms with van der Waals surface area (Å²) in [6, 6.07) is 7.91. The quantitative estimate of drug-likeness (QED) is 0.851. The van der Waals surface area contributed by atoms with Crippen LogP contribution in [0.25, 0.3) is 10.1 Å². The number of benzene rings is 1. The van der Waals surface area contributed by atoms with Crippen LogP contribution >= 0.6 is 11.3 Å². The topological polar surface area (TPSA) is 52.3 Å². The van der Waals surface area contributed by atoms with Gasteiger partial charge in [0.15, 0.2) is 0 Å². The number of rotatable bonds is 3. The van der Waals surface area contributed by atoms with E-state index in [1.807, 2.05) is 29.6 Å². The van der Waals surface area contributed by atoms with Crippen molar-refractivity contribution in [3.05, 3.63) is 35.2 Å². The van der Waals surface area contributed by atoms with Crippen LogP contribution < -0.4 is 5.73 Å². The molecule has 0 aliphatic rings. The van der Waals surface area contributed by atoms with Crippen molar-refractivity contribution in [2.45, 2.75) is 19.4 Å². The number of carbonyl (C=O) groups excluding carboxylic acids is 1. The van der Waals surface area contributed by atoms with Gasteiger partial charge < -0.3 is 10.5 Å². The highest BCUT2D eigenvalue weighted by molar-refractivity contribution is 7.17. The first-order chi connectivity index (χ1) is 8.07. The van der Waals surface area contributed by atoms with E-state index in [0.717, 1.165) is 15.6 Å². The van der Waals surface area contributed by atoms with Gasteiger partial charge in [-0.3, -0.25) is 0 Å². The number of nitrogens with two attached hydrogens (primary N) is 1. The summed E-state index contributed by atoms with van der Waals surface area (Å²) in [6.07, 6.45) is 0. The van der Waals surface area contributed by atoms with E-state index in [4.69, 9.17) is 10.5 Å². The van der Waals surface area contributed by atoms with Crippen molar-refractivity contribution >= 4 is 27.4 Å². The Morgan fingerprint density at radius 2 is 2.18 bits per heavy atom. The molecular formula is C13H15NO2S. The molecule has 3 nitrogen and oxygen atoms in total. The summed E-state index contributed by atoms with van der Waals surface area (Å²) in [4.78, 5) is 11.9. The SMILES string of the molecule is CCOC(=O)C(C)(N)c1csc2ccccc12. The van der Waals surface area contributed by atoms with E-state index in [1.54, 1.807) is 25.2 Å². The second kappa shape index (κ2) is 4.47. The van der Waals surface area contributed by atoms with Gasteiger partial charge in [0.25, 0.3) is 0 Å². The zero-order valence-corrected chi connectivity index (χ0v) is 10.7. The molecule has 0 saturated carbocycles. The Kier molecular flexibility index (Phi) is 3.17. The van der Waals surface area contributed by atoms with Gasteiger partial charge in [-0.1, -0.05) is 18.2 Å². The summed E-state index contributed by atoms with van der Waals surface area (Å²) >= 11 is 1.59. The number of thiophene rings is 1. The molecule has 2 N–H and O–H groups in total. The Bertz CT molecular complexity index is 545. The van der Waals surface area contributed by atoms with Crippen molar-refractivity contribution in [3.63, 3.8) is 0 Å². The Morgan fingerprint density at radius 1 is 1.47 bits per heavy atom. The number of ether oxygens (including phenoxy) is 1. The van der Waals surface area contributed by atoms with Gasteiger partial charge >= 0.3 is 5.97 Å². The lowest BCUT2D eigenvalue weighted by Crippen LogP contribution is -2.43. The van der Waals surface area contributed by atoms with Crippen LogP contribution in [0.3, 0.4) is 0 Å². The minimum Gasteiger partial charge on any atom is -0.464 e. The van der Waals surface area contributed by atoms with Gasteiger partial charge in [0.05, 0.1) is 6.61 Å². The second-order valence-electron chi connectivity index (χ2n) is 4.07. The summed E-state index contributed by atoms with van der Waals surface area (Å²) in [6.45, 7) is 3.81. The summed E-state index contributed by atoms with van der Waals surface area (Å²) in [5, 5.41) is 2.96. The molecule has 0 fully saturated rings. The van der Waals surface area contributed by atoms with E-state index >= 15 is 0 Å². The lowest BCUT2D eigenvalue weighted by Gasteiger charge is -2.21. The average molecular weight is 249 g/mol. The molecule has 17 heavy (non-hydrogen) atoms. The maximum Gasteiger partial charge on any atom is 0.330 e. The molecule has 1 unspecified atom stereocenters. The van der Waals surface area contributed by atoms with Gasteiger partial charge in [0.2, 0.25) is 0 Å². The van der Waals surface area contributed by atoms with Crippen LogP contribution in [0.2, 0.25) is 0 Å². The molecule has 1 atom stereocenters. The molecule has 0 bridgehead atoms. The average Bonchev–Trinajstić information content (AvgIpc) is 2.73. The Hall–Kier alpha value is -1.39. The third-order valence-corrected chi connectivity index (χ3v) is 3.70. The molecule has 1 aromatic carbocycles. The molecule has 90 valence electrons. The zero-order chi connectivity index (χ0) is 12.5. The molecular weight excluding hydrogens is 234 g/mol. The van der Waals surface area contributed by atoms with E-state index in [-0.39, 0.29) is 5.97 Å². The minimum absolute atomic E-state index is 0.341. The van der Waals surface area contributed by atoms with Gasteiger partial charge in [0.1, 0.15) is 5.54 Å². The molecule has 1 aromatic heterocycles. The Balaban J connectivity index is 2.48. The predicted molar refractivity (Wildman–Crippen MR) is 70.0 cm³/mol. The fraction of sp³-hybridized carbons (Fsp3) is 0.308. The van der Waals surface area contributed by atoms with Crippen molar-refractivity contribution in [1.82, 2.24) is 0 Å². The molecule has 0 aliphatic carbocycles. The maximum atomic E-state index is 11.9. The first-order valence-electron chi connectivity index (χ1n) is 5.50. The monoisotopic (exact) mass is 249 g/mol. The fourth-order valence-electron chi connectivity index (χ4n) is 1.77. The predicted octanol–water partition coefficient (Wildman–Crippen LogP) is 2.64. The zero-order valence-electron chi connectivity index (χ0n) is 9.90. The van der Waals surface area contributed by atoms with Crippen LogP contribution in [0.4, 0.5) is 0 Å². The lowest BCUT2D eigenvalue weighted by molar-refractivity contribution is -0.149. The second-order valence-corrected chi connectivity index (χ2v) is 4.98. The first-order valence-corrected chi connectivity index (χ1v) is 6.38. The Labute approximate surface area is 104 Å². The molecule has 2 rings (SSSR count). The molecule has 1 heterocycles. The van der Waals surface area contributed by atoms with Gasteiger partial charge in [-0.05, 0) is 30.7 Å². The number of esters is 1. The minimum atomic E-state index is -1.09. The van der Waals surface area contributed by atoms with Crippen LogP contribution in [-0.4, -0.2) is 12.6 Å². The van der Waals surface area contributed by atoms with E-state index < -0.39 is 5.54 Å².